The number of nitrogens with zero attached hydrogens (tertiary/aromatic N) is 2. The molecule has 20 heavy (non-hydrogen) atoms. The second-order valence-corrected chi connectivity index (χ2v) is 4.24. The van der Waals surface area contributed by atoms with E-state index in [1.165, 1.54) is 12.3 Å². The van der Waals surface area contributed by atoms with Gasteiger partial charge in [0.15, 0.2) is 11.6 Å². The van der Waals surface area contributed by atoms with Gasteiger partial charge in [-0.05, 0) is 12.5 Å². The van der Waals surface area contributed by atoms with Crippen molar-refractivity contribution in [1.29, 1.82) is 0 Å². The van der Waals surface area contributed by atoms with Crippen LogP contribution in [0.2, 0.25) is 0 Å². The zero-order chi connectivity index (χ0) is 14.4. The molecule has 2 aromatic heterocycles. The molecule has 0 aliphatic rings. The van der Waals surface area contributed by atoms with Crippen molar-refractivity contribution in [2.24, 2.45) is 0 Å². The third-order valence-electron chi connectivity index (χ3n) is 2.68. The van der Waals surface area contributed by atoms with E-state index in [1.54, 1.807) is 12.4 Å². The lowest BCUT2D eigenvalue weighted by Gasteiger charge is -2.09. The molecule has 0 saturated carbocycles. The number of H-pyrrole nitrogens is 1. The Morgan fingerprint density at radius 1 is 1.50 bits per heavy atom. The summed E-state index contributed by atoms with van der Waals surface area (Å²) in [5.41, 5.74) is 0.791. The molecule has 0 spiro atoms. The predicted octanol–water partition coefficient (Wildman–Crippen LogP) is 1.70. The first-order chi connectivity index (χ1) is 9.72. The Kier molecular flexibility index (Phi) is 4.65. The fourth-order valence-corrected chi connectivity index (χ4v) is 1.64. The van der Waals surface area contributed by atoms with Crippen LogP contribution in [0.3, 0.4) is 0 Å². The smallest absolute Gasteiger partial charge is 0.254 e. The number of anilines is 1. The van der Waals surface area contributed by atoms with Gasteiger partial charge in [0.25, 0.3) is 5.91 Å². The van der Waals surface area contributed by atoms with Gasteiger partial charge < -0.3 is 10.6 Å². The fourth-order valence-electron chi connectivity index (χ4n) is 1.64. The quantitative estimate of drug-likeness (QED) is 0.750. The third kappa shape index (κ3) is 3.31. The lowest BCUT2D eigenvalue weighted by atomic mass is 10.2. The highest BCUT2D eigenvalue weighted by Gasteiger charge is 2.15. The Bertz CT molecular complexity index is 570. The van der Waals surface area contributed by atoms with Gasteiger partial charge in [-0.2, -0.15) is 5.10 Å². The Morgan fingerprint density at radius 2 is 2.35 bits per heavy atom. The van der Waals surface area contributed by atoms with Crippen molar-refractivity contribution in [3.05, 3.63) is 41.6 Å². The first-order valence-corrected chi connectivity index (χ1v) is 6.36. The topological polar surface area (TPSA) is 82.7 Å². The maximum atomic E-state index is 14.1. The van der Waals surface area contributed by atoms with Crippen molar-refractivity contribution in [3.63, 3.8) is 0 Å². The molecule has 0 radical (unpaired) electrons. The summed E-state index contributed by atoms with van der Waals surface area (Å²) in [5.74, 6) is -1.01. The molecule has 0 aliphatic carbocycles. The van der Waals surface area contributed by atoms with Crippen LogP contribution in [0.5, 0.6) is 0 Å². The average molecular weight is 277 g/mol. The van der Waals surface area contributed by atoms with Crippen molar-refractivity contribution in [2.75, 3.05) is 11.9 Å². The third-order valence-corrected chi connectivity index (χ3v) is 2.68. The number of nitrogens with one attached hydrogen (secondary N) is 3. The van der Waals surface area contributed by atoms with E-state index in [0.29, 0.717) is 6.54 Å². The van der Waals surface area contributed by atoms with Gasteiger partial charge in [0.2, 0.25) is 0 Å². The van der Waals surface area contributed by atoms with E-state index in [1.807, 2.05) is 6.92 Å². The van der Waals surface area contributed by atoms with E-state index in [4.69, 9.17) is 0 Å². The van der Waals surface area contributed by atoms with Crippen molar-refractivity contribution in [3.8, 4) is 0 Å². The van der Waals surface area contributed by atoms with Crippen LogP contribution in [0.1, 0.15) is 29.3 Å². The van der Waals surface area contributed by atoms with Crippen LogP contribution in [0.4, 0.5) is 10.2 Å². The number of pyridine rings is 1. The molecule has 0 atom stereocenters. The summed E-state index contributed by atoms with van der Waals surface area (Å²) in [6.45, 7) is 2.85. The van der Waals surface area contributed by atoms with Gasteiger partial charge in [-0.1, -0.05) is 6.92 Å². The molecule has 0 saturated heterocycles. The molecule has 106 valence electrons. The molecule has 6 nitrogen and oxygen atoms in total. The van der Waals surface area contributed by atoms with Gasteiger partial charge in [-0.15, -0.1) is 0 Å². The molecular weight excluding hydrogens is 261 g/mol. The second-order valence-electron chi connectivity index (χ2n) is 4.24. The lowest BCUT2D eigenvalue weighted by molar-refractivity contribution is 0.0947. The lowest BCUT2D eigenvalue weighted by Crippen LogP contribution is -2.24. The Balaban J connectivity index is 2.05. The highest BCUT2D eigenvalue weighted by molar-refractivity contribution is 5.95. The number of aromatic nitrogens is 3. The van der Waals surface area contributed by atoms with E-state index in [2.05, 4.69) is 25.8 Å². The minimum Gasteiger partial charge on any atom is -0.368 e. The predicted molar refractivity (Wildman–Crippen MR) is 72.7 cm³/mol. The number of hydrogen-bond donors (Lipinski definition) is 3. The van der Waals surface area contributed by atoms with Crippen LogP contribution >= 0.6 is 0 Å². The maximum Gasteiger partial charge on any atom is 0.254 e. The van der Waals surface area contributed by atoms with Crippen LogP contribution < -0.4 is 10.6 Å². The van der Waals surface area contributed by atoms with Gasteiger partial charge in [-0.3, -0.25) is 9.89 Å². The van der Waals surface area contributed by atoms with Crippen LogP contribution in [0.15, 0.2) is 24.7 Å². The zero-order valence-corrected chi connectivity index (χ0v) is 11.1. The standard InChI is InChI=1S/C13H16FN5O/c1-2-4-15-12-11(14)10(3-5-16-12)13(20)17-6-9-7-18-19-8-9/h3,5,7-8H,2,4,6H2,1H3,(H,15,16)(H,17,20)(H,18,19). The zero-order valence-electron chi connectivity index (χ0n) is 11.1. The minimum absolute atomic E-state index is 0.0258. The number of hydrogen-bond acceptors (Lipinski definition) is 4. The first kappa shape index (κ1) is 14.0. The van der Waals surface area contributed by atoms with Gasteiger partial charge in [-0.25, -0.2) is 9.37 Å². The summed E-state index contributed by atoms with van der Waals surface area (Å²) in [6, 6.07) is 1.36. The Labute approximate surface area is 115 Å². The SMILES string of the molecule is CCCNc1nccc(C(=O)NCc2cn[nH]c2)c1F. The average Bonchev–Trinajstić information content (AvgIpc) is 2.97. The highest BCUT2D eigenvalue weighted by atomic mass is 19.1. The highest BCUT2D eigenvalue weighted by Crippen LogP contribution is 2.15. The summed E-state index contributed by atoms with van der Waals surface area (Å²) in [5, 5.41) is 11.9. The van der Waals surface area contributed by atoms with E-state index in [9.17, 15) is 9.18 Å². The minimum atomic E-state index is -0.634. The Morgan fingerprint density at radius 3 is 3.05 bits per heavy atom. The summed E-state index contributed by atoms with van der Waals surface area (Å²) < 4.78 is 14.1. The van der Waals surface area contributed by atoms with Crippen molar-refractivity contribution >= 4 is 11.7 Å². The number of amides is 1. The van der Waals surface area contributed by atoms with Gasteiger partial charge >= 0.3 is 0 Å². The molecule has 1 amide bonds. The van der Waals surface area contributed by atoms with Crippen molar-refractivity contribution < 1.29 is 9.18 Å². The van der Waals surface area contributed by atoms with E-state index in [0.717, 1.165) is 12.0 Å². The monoisotopic (exact) mass is 277 g/mol. The van der Waals surface area contributed by atoms with E-state index in [-0.39, 0.29) is 17.9 Å². The fraction of sp³-hybridized carbons (Fsp3) is 0.308. The number of halogens is 1. The molecule has 3 N–H and O–H groups in total. The van der Waals surface area contributed by atoms with Crippen LogP contribution in [-0.4, -0.2) is 27.6 Å². The van der Waals surface area contributed by atoms with Crippen molar-refractivity contribution in [2.45, 2.75) is 19.9 Å². The first-order valence-electron chi connectivity index (χ1n) is 6.36. The van der Waals surface area contributed by atoms with Gasteiger partial charge in [0.05, 0.1) is 11.8 Å². The number of carbonyl (C=O) groups is 1. The van der Waals surface area contributed by atoms with E-state index < -0.39 is 11.7 Å². The van der Waals surface area contributed by atoms with E-state index >= 15 is 0 Å². The molecular formula is C13H16FN5O. The van der Waals surface area contributed by atoms with Crippen LogP contribution in [0.25, 0.3) is 0 Å². The molecule has 2 heterocycles. The molecule has 0 bridgehead atoms. The van der Waals surface area contributed by atoms with Gasteiger partial charge in [0.1, 0.15) is 0 Å². The summed E-state index contributed by atoms with van der Waals surface area (Å²) in [6.07, 6.45) is 5.51. The summed E-state index contributed by atoms with van der Waals surface area (Å²) in [4.78, 5) is 15.8. The normalized spacial score (nSPS) is 10.3. The molecule has 0 unspecified atom stereocenters. The van der Waals surface area contributed by atoms with Crippen LogP contribution in [-0.2, 0) is 6.54 Å². The summed E-state index contributed by atoms with van der Waals surface area (Å²) >= 11 is 0. The second kappa shape index (κ2) is 6.65. The number of carbonyl (C=O) groups excluding carboxylic acids is 1. The Hall–Kier alpha value is -2.44. The molecule has 0 fully saturated rings. The molecule has 7 heteroatoms. The molecule has 0 aromatic carbocycles. The van der Waals surface area contributed by atoms with Crippen molar-refractivity contribution in [1.82, 2.24) is 20.5 Å². The largest absolute Gasteiger partial charge is 0.368 e. The molecule has 0 aliphatic heterocycles. The summed E-state index contributed by atoms with van der Waals surface area (Å²) in [7, 11) is 0. The number of aromatic amines is 1. The van der Waals surface area contributed by atoms with Gasteiger partial charge in [0, 0.05) is 31.0 Å². The maximum absolute atomic E-state index is 14.1. The number of rotatable bonds is 6. The van der Waals surface area contributed by atoms with Crippen LogP contribution in [0, 0.1) is 5.82 Å². The molecule has 2 rings (SSSR count). The molecule has 2 aromatic rings.